The number of nitrogens with zero attached hydrogens (tertiary/aromatic N) is 1. The summed E-state index contributed by atoms with van der Waals surface area (Å²) in [6.07, 6.45) is 0.955. The van der Waals surface area contributed by atoms with Crippen LogP contribution in [0.3, 0.4) is 0 Å². The molecule has 0 unspecified atom stereocenters. The average molecular weight is 476 g/mol. The zero-order valence-electron chi connectivity index (χ0n) is 18.4. The quantitative estimate of drug-likeness (QED) is 0.575. The first-order chi connectivity index (χ1) is 15.9. The van der Waals surface area contributed by atoms with E-state index >= 15 is 0 Å². The SMILES string of the molecule is COCCNC(=O)[C@H](NC(=O)c1ccccc1Cl)C1CCN(C(=O)c2ccccc2F)CC1. The Morgan fingerprint density at radius 3 is 2.36 bits per heavy atom. The topological polar surface area (TPSA) is 87.7 Å². The molecule has 2 N–H and O–H groups in total. The Labute approximate surface area is 197 Å². The smallest absolute Gasteiger partial charge is 0.256 e. The van der Waals surface area contributed by atoms with Crippen molar-refractivity contribution in [3.05, 3.63) is 70.5 Å². The zero-order chi connectivity index (χ0) is 23.8. The number of benzene rings is 2. The lowest BCUT2D eigenvalue weighted by atomic mass is 9.88. The fourth-order valence-corrected chi connectivity index (χ4v) is 4.11. The van der Waals surface area contributed by atoms with Crippen LogP contribution in [0.2, 0.25) is 5.02 Å². The lowest BCUT2D eigenvalue weighted by molar-refractivity contribution is -0.124. The average Bonchev–Trinajstić information content (AvgIpc) is 2.83. The van der Waals surface area contributed by atoms with Gasteiger partial charge in [-0.2, -0.15) is 0 Å². The lowest BCUT2D eigenvalue weighted by Gasteiger charge is -2.36. The van der Waals surface area contributed by atoms with E-state index in [9.17, 15) is 18.8 Å². The summed E-state index contributed by atoms with van der Waals surface area (Å²) in [7, 11) is 1.53. The number of amides is 3. The highest BCUT2D eigenvalue weighted by molar-refractivity contribution is 6.33. The molecule has 0 aliphatic carbocycles. The van der Waals surface area contributed by atoms with Gasteiger partial charge in [0.1, 0.15) is 11.9 Å². The fraction of sp³-hybridized carbons (Fsp3) is 0.375. The highest BCUT2D eigenvalue weighted by atomic mass is 35.5. The van der Waals surface area contributed by atoms with E-state index in [0.717, 1.165) is 0 Å². The number of methoxy groups -OCH3 is 1. The molecule has 0 bridgehead atoms. The molecular formula is C24H27ClFN3O4. The van der Waals surface area contributed by atoms with Gasteiger partial charge >= 0.3 is 0 Å². The molecule has 3 amide bonds. The molecule has 7 nitrogen and oxygen atoms in total. The molecule has 33 heavy (non-hydrogen) atoms. The highest BCUT2D eigenvalue weighted by Gasteiger charge is 2.34. The maximum atomic E-state index is 14.0. The molecule has 0 spiro atoms. The van der Waals surface area contributed by atoms with Gasteiger partial charge in [0.15, 0.2) is 0 Å². The van der Waals surface area contributed by atoms with Crippen LogP contribution in [0.4, 0.5) is 4.39 Å². The molecule has 3 rings (SSSR count). The van der Waals surface area contributed by atoms with Gasteiger partial charge in [-0.15, -0.1) is 0 Å². The second kappa shape index (κ2) is 11.8. The Kier molecular flexibility index (Phi) is 8.79. The monoisotopic (exact) mass is 475 g/mol. The van der Waals surface area contributed by atoms with Gasteiger partial charge in [0, 0.05) is 26.7 Å². The van der Waals surface area contributed by atoms with E-state index < -0.39 is 17.8 Å². The van der Waals surface area contributed by atoms with Crippen molar-refractivity contribution in [2.24, 2.45) is 5.92 Å². The van der Waals surface area contributed by atoms with Crippen LogP contribution in [-0.2, 0) is 9.53 Å². The minimum Gasteiger partial charge on any atom is -0.383 e. The van der Waals surface area contributed by atoms with E-state index in [1.54, 1.807) is 35.2 Å². The number of likely N-dealkylation sites (tertiary alicyclic amines) is 1. The van der Waals surface area contributed by atoms with E-state index in [-0.39, 0.29) is 28.9 Å². The molecule has 0 saturated carbocycles. The predicted molar refractivity (Wildman–Crippen MR) is 123 cm³/mol. The summed E-state index contributed by atoms with van der Waals surface area (Å²) >= 11 is 6.14. The zero-order valence-corrected chi connectivity index (χ0v) is 19.1. The predicted octanol–water partition coefficient (Wildman–Crippen LogP) is 2.89. The molecule has 1 fully saturated rings. The molecule has 2 aromatic rings. The maximum absolute atomic E-state index is 14.0. The van der Waals surface area contributed by atoms with Crippen LogP contribution >= 0.6 is 11.6 Å². The van der Waals surface area contributed by atoms with Crippen molar-refractivity contribution in [3.63, 3.8) is 0 Å². The summed E-state index contributed by atoms with van der Waals surface area (Å²) in [5.74, 6) is -1.92. The Balaban J connectivity index is 1.70. The first kappa shape index (κ1) is 24.7. The van der Waals surface area contributed by atoms with E-state index in [2.05, 4.69) is 10.6 Å². The molecule has 0 radical (unpaired) electrons. The number of halogens is 2. The minimum absolute atomic E-state index is 0.0248. The van der Waals surface area contributed by atoms with Crippen molar-refractivity contribution in [1.29, 1.82) is 0 Å². The number of hydrogen-bond acceptors (Lipinski definition) is 4. The van der Waals surface area contributed by atoms with Crippen molar-refractivity contribution in [2.45, 2.75) is 18.9 Å². The van der Waals surface area contributed by atoms with Gasteiger partial charge in [-0.3, -0.25) is 14.4 Å². The van der Waals surface area contributed by atoms with Gasteiger partial charge in [-0.1, -0.05) is 35.9 Å². The van der Waals surface area contributed by atoms with E-state index in [1.807, 2.05) is 0 Å². The third-order valence-electron chi connectivity index (χ3n) is 5.70. The van der Waals surface area contributed by atoms with Gasteiger partial charge in [0.2, 0.25) is 5.91 Å². The highest BCUT2D eigenvalue weighted by Crippen LogP contribution is 2.24. The number of hydrogen-bond donors (Lipinski definition) is 2. The van der Waals surface area contributed by atoms with Crippen molar-refractivity contribution >= 4 is 29.3 Å². The Hall–Kier alpha value is -2.97. The molecule has 1 heterocycles. The van der Waals surface area contributed by atoms with Gasteiger partial charge < -0.3 is 20.3 Å². The first-order valence-electron chi connectivity index (χ1n) is 10.8. The molecule has 9 heteroatoms. The minimum atomic E-state index is -0.809. The van der Waals surface area contributed by atoms with E-state index in [1.165, 1.54) is 25.3 Å². The van der Waals surface area contributed by atoms with Crippen molar-refractivity contribution in [1.82, 2.24) is 15.5 Å². The van der Waals surface area contributed by atoms with Crippen LogP contribution in [-0.4, -0.2) is 62.0 Å². The fourth-order valence-electron chi connectivity index (χ4n) is 3.89. The normalized spacial score (nSPS) is 15.1. The number of piperidine rings is 1. The summed E-state index contributed by atoms with van der Waals surface area (Å²) in [6, 6.07) is 11.7. The van der Waals surface area contributed by atoms with Crippen LogP contribution in [0, 0.1) is 11.7 Å². The van der Waals surface area contributed by atoms with Gasteiger partial charge in [0.05, 0.1) is 22.8 Å². The first-order valence-corrected chi connectivity index (χ1v) is 11.2. The van der Waals surface area contributed by atoms with Gasteiger partial charge in [-0.05, 0) is 43.0 Å². The summed E-state index contributed by atoms with van der Waals surface area (Å²) in [5, 5.41) is 5.88. The largest absolute Gasteiger partial charge is 0.383 e. The van der Waals surface area contributed by atoms with Crippen molar-refractivity contribution in [2.75, 3.05) is 33.4 Å². The molecule has 1 saturated heterocycles. The molecule has 1 aliphatic rings. The van der Waals surface area contributed by atoms with Gasteiger partial charge in [0.25, 0.3) is 11.8 Å². The molecule has 176 valence electrons. The molecular weight excluding hydrogens is 449 g/mol. The summed E-state index contributed by atoms with van der Waals surface area (Å²) < 4.78 is 19.0. The molecule has 0 aromatic heterocycles. The maximum Gasteiger partial charge on any atom is 0.256 e. The second-order valence-corrected chi connectivity index (χ2v) is 8.23. The number of carbonyl (C=O) groups is 3. The van der Waals surface area contributed by atoms with Crippen LogP contribution in [0.15, 0.2) is 48.5 Å². The number of nitrogens with one attached hydrogen (secondary N) is 2. The van der Waals surface area contributed by atoms with Crippen LogP contribution in [0.5, 0.6) is 0 Å². The Morgan fingerprint density at radius 1 is 1.09 bits per heavy atom. The summed E-state index contributed by atoms with van der Waals surface area (Å²) in [5.41, 5.74) is 0.304. The Morgan fingerprint density at radius 2 is 1.73 bits per heavy atom. The third-order valence-corrected chi connectivity index (χ3v) is 6.03. The van der Waals surface area contributed by atoms with E-state index in [4.69, 9.17) is 16.3 Å². The summed E-state index contributed by atoms with van der Waals surface area (Å²) in [6.45, 7) is 1.34. The van der Waals surface area contributed by atoms with Crippen LogP contribution in [0.25, 0.3) is 0 Å². The van der Waals surface area contributed by atoms with E-state index in [0.29, 0.717) is 44.1 Å². The number of rotatable bonds is 8. The molecule has 1 atom stereocenters. The number of carbonyl (C=O) groups excluding carboxylic acids is 3. The second-order valence-electron chi connectivity index (χ2n) is 7.82. The third kappa shape index (κ3) is 6.30. The van der Waals surface area contributed by atoms with Crippen LogP contribution in [0.1, 0.15) is 33.6 Å². The number of ether oxygens (including phenoxy) is 1. The Bertz CT molecular complexity index is 995. The lowest BCUT2D eigenvalue weighted by Crippen LogP contribution is -2.54. The van der Waals surface area contributed by atoms with Crippen molar-refractivity contribution < 1.29 is 23.5 Å². The van der Waals surface area contributed by atoms with Crippen molar-refractivity contribution in [3.8, 4) is 0 Å². The van der Waals surface area contributed by atoms with Gasteiger partial charge in [-0.25, -0.2) is 4.39 Å². The molecule has 1 aliphatic heterocycles. The van der Waals surface area contributed by atoms with Crippen LogP contribution < -0.4 is 10.6 Å². The summed E-state index contributed by atoms with van der Waals surface area (Å²) in [4.78, 5) is 40.0. The standard InChI is InChI=1S/C24H27ClFN3O4/c1-33-15-12-27-23(31)21(28-22(30)17-6-2-4-8-19(17)25)16-10-13-29(14-11-16)24(32)18-7-3-5-9-20(18)26/h2-9,16,21H,10-15H2,1H3,(H,27,31)(H,28,30)/t21-/m1/s1. The molecule has 2 aromatic carbocycles.